The van der Waals surface area contributed by atoms with Crippen LogP contribution in [0.15, 0.2) is 4.99 Å². The molecule has 0 saturated carbocycles. The van der Waals surface area contributed by atoms with Crippen LogP contribution < -0.4 is 0 Å². The van der Waals surface area contributed by atoms with Crippen LogP contribution in [0.1, 0.15) is 46.5 Å². The summed E-state index contributed by atoms with van der Waals surface area (Å²) in [7, 11) is 0. The standard InChI is InChI=1S/C17H27F6N3/c1-15(2,3)24-14(25-8-4-12(5-9-25)16(18,19)20)26-10-6-13(7-11-26)17(21,22)23/h12-13H,4-11H2,1-3H3. The van der Waals surface area contributed by atoms with Crippen LogP contribution in [0.3, 0.4) is 0 Å². The van der Waals surface area contributed by atoms with Gasteiger partial charge in [0.05, 0.1) is 17.4 Å². The summed E-state index contributed by atoms with van der Waals surface area (Å²) in [6.45, 7) is 6.50. The molecule has 26 heavy (non-hydrogen) atoms. The van der Waals surface area contributed by atoms with Gasteiger partial charge in [-0.3, -0.25) is 0 Å². The molecule has 0 aromatic carbocycles. The molecule has 2 fully saturated rings. The average Bonchev–Trinajstić information content (AvgIpc) is 2.50. The molecule has 0 aromatic heterocycles. The molecule has 2 heterocycles. The monoisotopic (exact) mass is 387 g/mol. The first-order valence-corrected chi connectivity index (χ1v) is 9.00. The zero-order chi connectivity index (χ0) is 19.8. The number of alkyl halides is 6. The first-order valence-electron chi connectivity index (χ1n) is 9.00. The fraction of sp³-hybridized carbons (Fsp3) is 0.941. The topological polar surface area (TPSA) is 18.8 Å². The SMILES string of the molecule is CC(C)(C)N=C(N1CCC(C(F)(F)F)CC1)N1CCC(C(F)(F)F)CC1. The highest BCUT2D eigenvalue weighted by molar-refractivity contribution is 5.80. The van der Waals surface area contributed by atoms with E-state index >= 15 is 0 Å². The van der Waals surface area contributed by atoms with E-state index in [2.05, 4.69) is 4.99 Å². The highest BCUT2D eigenvalue weighted by atomic mass is 19.4. The maximum Gasteiger partial charge on any atom is 0.391 e. The number of nitrogens with zero attached hydrogens (tertiary/aromatic N) is 3. The number of halogens is 6. The minimum Gasteiger partial charge on any atom is -0.343 e. The fourth-order valence-electron chi connectivity index (χ4n) is 3.46. The zero-order valence-corrected chi connectivity index (χ0v) is 15.4. The molecular formula is C17H27F6N3. The van der Waals surface area contributed by atoms with Crippen molar-refractivity contribution in [2.24, 2.45) is 16.8 Å². The largest absolute Gasteiger partial charge is 0.391 e. The Bertz CT molecular complexity index is 454. The lowest BCUT2D eigenvalue weighted by molar-refractivity contribution is -0.184. The van der Waals surface area contributed by atoms with Crippen LogP contribution in [-0.4, -0.2) is 59.8 Å². The second-order valence-electron chi connectivity index (χ2n) is 8.19. The number of hydrogen-bond acceptors (Lipinski definition) is 1. The van der Waals surface area contributed by atoms with Crippen molar-refractivity contribution in [2.45, 2.75) is 64.3 Å². The lowest BCUT2D eigenvalue weighted by atomic mass is 9.95. The molecule has 2 rings (SSSR count). The molecule has 152 valence electrons. The lowest BCUT2D eigenvalue weighted by Crippen LogP contribution is -2.52. The Morgan fingerprint density at radius 2 is 1.00 bits per heavy atom. The van der Waals surface area contributed by atoms with E-state index in [0.29, 0.717) is 5.96 Å². The summed E-state index contributed by atoms with van der Waals surface area (Å²) in [5.74, 6) is -2.09. The number of rotatable bonds is 0. The van der Waals surface area contributed by atoms with Gasteiger partial charge in [0.15, 0.2) is 5.96 Å². The van der Waals surface area contributed by atoms with Crippen LogP contribution in [-0.2, 0) is 0 Å². The van der Waals surface area contributed by atoms with Gasteiger partial charge < -0.3 is 9.80 Å². The van der Waals surface area contributed by atoms with E-state index in [-0.39, 0.29) is 51.9 Å². The number of guanidine groups is 1. The van der Waals surface area contributed by atoms with E-state index < -0.39 is 29.7 Å². The van der Waals surface area contributed by atoms with Crippen molar-refractivity contribution in [1.82, 2.24) is 9.80 Å². The van der Waals surface area contributed by atoms with E-state index in [9.17, 15) is 26.3 Å². The average molecular weight is 387 g/mol. The lowest BCUT2D eigenvalue weighted by Gasteiger charge is -2.42. The number of hydrogen-bond donors (Lipinski definition) is 0. The first kappa shape index (κ1) is 21.2. The molecule has 2 aliphatic heterocycles. The summed E-state index contributed by atoms with van der Waals surface area (Å²) in [4.78, 5) is 8.25. The molecule has 0 unspecified atom stereocenters. The summed E-state index contributed by atoms with van der Waals surface area (Å²) >= 11 is 0. The van der Waals surface area contributed by atoms with Crippen molar-refractivity contribution < 1.29 is 26.3 Å². The molecule has 0 atom stereocenters. The van der Waals surface area contributed by atoms with Crippen molar-refractivity contribution in [2.75, 3.05) is 26.2 Å². The summed E-state index contributed by atoms with van der Waals surface area (Å²) in [6, 6.07) is 0. The van der Waals surface area contributed by atoms with Gasteiger partial charge in [0.25, 0.3) is 0 Å². The third-order valence-corrected chi connectivity index (χ3v) is 4.92. The van der Waals surface area contributed by atoms with Crippen molar-refractivity contribution in [3.63, 3.8) is 0 Å². The van der Waals surface area contributed by atoms with Gasteiger partial charge in [-0.15, -0.1) is 0 Å². The predicted molar refractivity (Wildman–Crippen MR) is 87.9 cm³/mol. The van der Waals surface area contributed by atoms with E-state index in [1.54, 1.807) is 9.80 Å². The first-order chi connectivity index (χ1) is 11.8. The Morgan fingerprint density at radius 1 is 0.692 bits per heavy atom. The number of piperidine rings is 2. The Balaban J connectivity index is 2.08. The molecule has 0 spiro atoms. The molecule has 2 aliphatic rings. The molecule has 0 aromatic rings. The Kier molecular flexibility index (Phi) is 6.07. The highest BCUT2D eigenvalue weighted by Gasteiger charge is 2.44. The third-order valence-electron chi connectivity index (χ3n) is 4.92. The highest BCUT2D eigenvalue weighted by Crippen LogP contribution is 2.36. The smallest absolute Gasteiger partial charge is 0.343 e. The molecule has 2 saturated heterocycles. The van der Waals surface area contributed by atoms with Crippen LogP contribution in [0, 0.1) is 11.8 Å². The van der Waals surface area contributed by atoms with Gasteiger partial charge in [-0.05, 0) is 46.5 Å². The van der Waals surface area contributed by atoms with Gasteiger partial charge in [-0.25, -0.2) is 4.99 Å². The second-order valence-corrected chi connectivity index (χ2v) is 8.19. The van der Waals surface area contributed by atoms with Crippen molar-refractivity contribution in [3.05, 3.63) is 0 Å². The molecule has 3 nitrogen and oxygen atoms in total. The minimum atomic E-state index is -4.20. The van der Waals surface area contributed by atoms with Crippen molar-refractivity contribution >= 4 is 5.96 Å². The summed E-state index contributed by atoms with van der Waals surface area (Å²) in [5.41, 5.74) is -0.461. The fourth-order valence-corrected chi connectivity index (χ4v) is 3.46. The van der Waals surface area contributed by atoms with Crippen LogP contribution in [0.4, 0.5) is 26.3 Å². The van der Waals surface area contributed by atoms with Crippen LogP contribution >= 0.6 is 0 Å². The van der Waals surface area contributed by atoms with Gasteiger partial charge in [-0.2, -0.15) is 26.3 Å². The minimum absolute atomic E-state index is 0.00825. The molecule has 0 bridgehead atoms. The van der Waals surface area contributed by atoms with Crippen molar-refractivity contribution in [1.29, 1.82) is 0 Å². The molecule has 0 amide bonds. The zero-order valence-electron chi connectivity index (χ0n) is 15.4. The van der Waals surface area contributed by atoms with E-state index in [1.807, 2.05) is 20.8 Å². The molecular weight excluding hydrogens is 360 g/mol. The van der Waals surface area contributed by atoms with E-state index in [4.69, 9.17) is 0 Å². The quantitative estimate of drug-likeness (QED) is 0.341. The third kappa shape index (κ3) is 5.67. The van der Waals surface area contributed by atoms with Crippen LogP contribution in [0.2, 0.25) is 0 Å². The Labute approximate surface area is 150 Å². The van der Waals surface area contributed by atoms with Gasteiger partial charge in [0, 0.05) is 26.2 Å². The normalized spacial score (nSPS) is 21.9. The van der Waals surface area contributed by atoms with E-state index in [1.165, 1.54) is 0 Å². The summed E-state index contributed by atoms with van der Waals surface area (Å²) < 4.78 is 77.3. The maximum atomic E-state index is 12.9. The van der Waals surface area contributed by atoms with Crippen LogP contribution in [0.25, 0.3) is 0 Å². The predicted octanol–water partition coefficient (Wildman–Crippen LogP) is 4.69. The van der Waals surface area contributed by atoms with Crippen LogP contribution in [0.5, 0.6) is 0 Å². The molecule has 0 N–H and O–H groups in total. The Hall–Kier alpha value is -1.15. The van der Waals surface area contributed by atoms with Gasteiger partial charge in [0.2, 0.25) is 0 Å². The summed E-state index contributed by atoms with van der Waals surface area (Å²) in [6.07, 6.45) is -8.42. The number of likely N-dealkylation sites (tertiary alicyclic amines) is 2. The van der Waals surface area contributed by atoms with Crippen molar-refractivity contribution in [3.8, 4) is 0 Å². The summed E-state index contributed by atoms with van der Waals surface area (Å²) in [5, 5.41) is 0. The Morgan fingerprint density at radius 3 is 1.23 bits per heavy atom. The molecule has 0 aliphatic carbocycles. The number of aliphatic imine (C=N–C) groups is 1. The van der Waals surface area contributed by atoms with E-state index in [0.717, 1.165) is 0 Å². The van der Waals surface area contributed by atoms with Gasteiger partial charge in [-0.1, -0.05) is 0 Å². The second kappa shape index (κ2) is 7.46. The maximum absolute atomic E-state index is 12.9. The molecule has 0 radical (unpaired) electrons. The van der Waals surface area contributed by atoms with Gasteiger partial charge >= 0.3 is 12.4 Å². The molecule has 9 heteroatoms. The van der Waals surface area contributed by atoms with Gasteiger partial charge in [0.1, 0.15) is 0 Å².